The van der Waals surface area contributed by atoms with Gasteiger partial charge in [-0.1, -0.05) is 63.9 Å². The predicted octanol–water partition coefficient (Wildman–Crippen LogP) is 5.45. The van der Waals surface area contributed by atoms with Crippen LogP contribution in [0.3, 0.4) is 0 Å². The van der Waals surface area contributed by atoms with Gasteiger partial charge in [0, 0.05) is 43.5 Å². The van der Waals surface area contributed by atoms with E-state index in [1.54, 1.807) is 6.08 Å². The third kappa shape index (κ3) is 6.56. The Morgan fingerprint density at radius 3 is 2.59 bits per heavy atom. The summed E-state index contributed by atoms with van der Waals surface area (Å²) in [6, 6.07) is 7.89. The summed E-state index contributed by atoms with van der Waals surface area (Å²) in [7, 11) is 1.90. The fourth-order valence-electron chi connectivity index (χ4n) is 5.19. The third-order valence-corrected chi connectivity index (χ3v) is 7.44. The normalized spacial score (nSPS) is 21.0. The van der Waals surface area contributed by atoms with E-state index in [2.05, 4.69) is 23.3 Å². The van der Waals surface area contributed by atoms with E-state index in [9.17, 15) is 9.59 Å². The van der Waals surface area contributed by atoms with Crippen LogP contribution in [0.1, 0.15) is 70.9 Å². The Balaban J connectivity index is 0.00000186. The van der Waals surface area contributed by atoms with Crippen LogP contribution in [0.2, 0.25) is 5.02 Å². The number of aliphatic imine (C=N–C) groups is 1. The van der Waals surface area contributed by atoms with Gasteiger partial charge in [-0.15, -0.1) is 0 Å². The summed E-state index contributed by atoms with van der Waals surface area (Å²) in [5.41, 5.74) is 2.02. The lowest BCUT2D eigenvalue weighted by Crippen LogP contribution is -2.56. The van der Waals surface area contributed by atoms with E-state index in [0.717, 1.165) is 80.9 Å². The molecule has 7 nitrogen and oxygen atoms in total. The van der Waals surface area contributed by atoms with Gasteiger partial charge in [0.05, 0.1) is 18.6 Å². The van der Waals surface area contributed by atoms with E-state index in [1.807, 2.05) is 55.0 Å². The van der Waals surface area contributed by atoms with Crippen LogP contribution in [-0.2, 0) is 9.59 Å². The van der Waals surface area contributed by atoms with Crippen molar-refractivity contribution < 1.29 is 9.59 Å². The number of amides is 1. The molecule has 0 aliphatic carbocycles. The van der Waals surface area contributed by atoms with Crippen molar-refractivity contribution in [3.63, 3.8) is 0 Å². The van der Waals surface area contributed by atoms with Crippen LogP contribution in [0, 0.1) is 0 Å². The molecule has 1 aromatic rings. The molecule has 202 valence electrons. The lowest BCUT2D eigenvalue weighted by Gasteiger charge is -2.45. The molecule has 37 heavy (non-hydrogen) atoms. The Hall–Kier alpha value is -2.80. The van der Waals surface area contributed by atoms with E-state index < -0.39 is 0 Å². The monoisotopic (exact) mass is 527 g/mol. The molecule has 3 heterocycles. The lowest BCUT2D eigenvalue weighted by molar-refractivity contribution is -0.124. The first-order valence-corrected chi connectivity index (χ1v) is 14.1. The van der Waals surface area contributed by atoms with Crippen molar-refractivity contribution in [1.82, 2.24) is 19.6 Å². The zero-order valence-electron chi connectivity index (χ0n) is 22.8. The predicted molar refractivity (Wildman–Crippen MR) is 151 cm³/mol. The smallest absolute Gasteiger partial charge is 0.256 e. The molecule has 0 spiro atoms. The molecular weight excluding hydrogens is 486 g/mol. The standard InChI is InChI=1S/C27H36ClN5O2.C2H6/c1-4-5-6-14-32-25(31-15-7-8-24(31)20(2)30(3)17-18-34)19-26(35)33-16-13-23(29-27(32)33)21-9-11-22(28)12-10-21;1-2/h9-12,18-19,23-24H,2,4-8,13-17H2,1,3H3;1-2H3. The minimum atomic E-state index is -0.0162. The number of benzene rings is 1. The molecule has 2 atom stereocenters. The van der Waals surface area contributed by atoms with Crippen LogP contribution < -0.4 is 0 Å². The third-order valence-electron chi connectivity index (χ3n) is 7.19. The van der Waals surface area contributed by atoms with Gasteiger partial charge in [-0.3, -0.25) is 14.6 Å². The van der Waals surface area contributed by atoms with Crippen molar-refractivity contribution in [3.05, 3.63) is 59.0 Å². The van der Waals surface area contributed by atoms with E-state index >= 15 is 0 Å². The van der Waals surface area contributed by atoms with Gasteiger partial charge in [-0.25, -0.2) is 4.99 Å². The van der Waals surface area contributed by atoms with Crippen LogP contribution in [0.25, 0.3) is 0 Å². The number of carbonyl (C=O) groups excluding carboxylic acids is 2. The SMILES string of the molecule is C=C(C1CCCN1C1=CC(=O)N2CCC(c3ccc(Cl)cc3)N=C2N1CCCCC)N(C)CC=O.CC. The maximum atomic E-state index is 13.3. The first-order chi connectivity index (χ1) is 17.9. The van der Waals surface area contributed by atoms with Crippen molar-refractivity contribution in [1.29, 1.82) is 0 Å². The Morgan fingerprint density at radius 1 is 1.19 bits per heavy atom. The number of halogens is 1. The van der Waals surface area contributed by atoms with E-state index in [-0.39, 0.29) is 18.0 Å². The van der Waals surface area contributed by atoms with E-state index in [1.165, 1.54) is 0 Å². The minimum absolute atomic E-state index is 0.0117. The Morgan fingerprint density at radius 2 is 1.92 bits per heavy atom. The van der Waals surface area contributed by atoms with Gasteiger partial charge in [0.1, 0.15) is 12.1 Å². The van der Waals surface area contributed by atoms with Crippen LogP contribution in [0.5, 0.6) is 0 Å². The second kappa shape index (κ2) is 13.7. The lowest BCUT2D eigenvalue weighted by atomic mass is 10.0. The number of nitrogens with zero attached hydrogens (tertiary/aromatic N) is 5. The van der Waals surface area contributed by atoms with Gasteiger partial charge in [-0.05, 0) is 43.4 Å². The molecule has 8 heteroatoms. The minimum Gasteiger partial charge on any atom is -0.370 e. The van der Waals surface area contributed by atoms with Gasteiger partial charge in [-0.2, -0.15) is 0 Å². The molecule has 0 saturated carbocycles. The molecule has 0 radical (unpaired) electrons. The summed E-state index contributed by atoms with van der Waals surface area (Å²) in [5.74, 6) is 1.63. The summed E-state index contributed by atoms with van der Waals surface area (Å²) < 4.78 is 0. The summed E-state index contributed by atoms with van der Waals surface area (Å²) >= 11 is 6.11. The molecule has 1 aromatic carbocycles. The number of unbranched alkanes of at least 4 members (excludes halogenated alkanes) is 2. The first kappa shape index (κ1) is 28.8. The van der Waals surface area contributed by atoms with Crippen LogP contribution in [0.15, 0.2) is 53.4 Å². The van der Waals surface area contributed by atoms with Gasteiger partial charge in [0.2, 0.25) is 5.96 Å². The van der Waals surface area contributed by atoms with Crippen LogP contribution in [-0.4, -0.2) is 77.0 Å². The first-order valence-electron chi connectivity index (χ1n) is 13.7. The fraction of sp³-hybridized carbons (Fsp3) is 0.552. The second-order valence-corrected chi connectivity index (χ2v) is 9.96. The molecule has 3 aliphatic heterocycles. The molecule has 3 aliphatic rings. The molecular formula is C29H42ClN5O2. The number of aldehydes is 1. The van der Waals surface area contributed by atoms with Gasteiger partial charge >= 0.3 is 0 Å². The molecule has 0 aromatic heterocycles. The highest BCUT2D eigenvalue weighted by molar-refractivity contribution is 6.30. The van der Waals surface area contributed by atoms with Crippen molar-refractivity contribution in [2.45, 2.75) is 71.4 Å². The number of fused-ring (bicyclic) bond motifs is 1. The van der Waals surface area contributed by atoms with Crippen molar-refractivity contribution in [3.8, 4) is 0 Å². The number of hydrogen-bond donors (Lipinski definition) is 0. The van der Waals surface area contributed by atoms with Gasteiger partial charge < -0.3 is 14.6 Å². The molecule has 1 fully saturated rings. The maximum Gasteiger partial charge on any atom is 0.256 e. The Bertz CT molecular complexity index is 1010. The molecule has 1 saturated heterocycles. The summed E-state index contributed by atoms with van der Waals surface area (Å²) in [4.78, 5) is 37.8. The Labute approximate surface area is 227 Å². The zero-order valence-corrected chi connectivity index (χ0v) is 23.6. The van der Waals surface area contributed by atoms with Crippen molar-refractivity contribution >= 4 is 29.8 Å². The summed E-state index contributed by atoms with van der Waals surface area (Å²) in [5, 5.41) is 0.706. The number of likely N-dealkylation sites (N-methyl/N-ethyl adjacent to an activating group) is 1. The fourth-order valence-corrected chi connectivity index (χ4v) is 5.31. The van der Waals surface area contributed by atoms with Crippen LogP contribution >= 0.6 is 11.6 Å². The maximum absolute atomic E-state index is 13.3. The van der Waals surface area contributed by atoms with Gasteiger partial charge in [0.15, 0.2) is 0 Å². The van der Waals surface area contributed by atoms with E-state index in [4.69, 9.17) is 16.6 Å². The zero-order chi connectivity index (χ0) is 26.9. The van der Waals surface area contributed by atoms with Crippen molar-refractivity contribution in [2.75, 3.05) is 33.2 Å². The number of rotatable bonds is 10. The summed E-state index contributed by atoms with van der Waals surface area (Å²) in [6.45, 7) is 13.1. The van der Waals surface area contributed by atoms with E-state index in [0.29, 0.717) is 18.1 Å². The highest BCUT2D eigenvalue weighted by Crippen LogP contribution is 2.35. The molecule has 1 amide bonds. The number of carbonyl (C=O) groups is 2. The van der Waals surface area contributed by atoms with Crippen molar-refractivity contribution in [2.24, 2.45) is 4.99 Å². The Kier molecular flexibility index (Phi) is 10.6. The summed E-state index contributed by atoms with van der Waals surface area (Å²) in [6.07, 6.45) is 8.66. The number of guanidine groups is 1. The average molecular weight is 528 g/mol. The van der Waals surface area contributed by atoms with Gasteiger partial charge in [0.25, 0.3) is 5.91 Å². The number of likely N-dealkylation sites (tertiary alicyclic amines) is 1. The highest BCUT2D eigenvalue weighted by atomic mass is 35.5. The molecule has 2 unspecified atom stereocenters. The average Bonchev–Trinajstić information content (AvgIpc) is 3.40. The number of hydrogen-bond acceptors (Lipinski definition) is 6. The second-order valence-electron chi connectivity index (χ2n) is 9.53. The largest absolute Gasteiger partial charge is 0.370 e. The molecule has 0 N–H and O–H groups in total. The topological polar surface area (TPSA) is 59.5 Å². The molecule has 0 bridgehead atoms. The molecule has 4 rings (SSSR count). The quantitative estimate of drug-likeness (QED) is 0.299. The highest BCUT2D eigenvalue weighted by Gasteiger charge is 2.40. The van der Waals surface area contributed by atoms with Crippen LogP contribution in [0.4, 0.5) is 0 Å².